The lowest BCUT2D eigenvalue weighted by atomic mass is 9.63. The predicted octanol–water partition coefficient (Wildman–Crippen LogP) is 5.95. The van der Waals surface area contributed by atoms with Crippen molar-refractivity contribution in [2.24, 2.45) is 17.8 Å². The summed E-state index contributed by atoms with van der Waals surface area (Å²) in [5.41, 5.74) is -0.659. The molecule has 0 spiro atoms. The summed E-state index contributed by atoms with van der Waals surface area (Å²) in [4.78, 5) is 29.4. The Morgan fingerprint density at radius 3 is 2.21 bits per heavy atom. The van der Waals surface area contributed by atoms with Crippen LogP contribution < -0.4 is 4.74 Å². The summed E-state index contributed by atoms with van der Waals surface area (Å²) in [6.45, 7) is 5.35. The number of fused-ring (bicyclic) bond motifs is 4. The third kappa shape index (κ3) is 5.20. The minimum atomic E-state index is -2.40. The molecule has 1 saturated heterocycles. The van der Waals surface area contributed by atoms with Gasteiger partial charge in [0, 0.05) is 47.9 Å². The zero-order chi connectivity index (χ0) is 37.4. The van der Waals surface area contributed by atoms with Crippen LogP contribution in [-0.4, -0.2) is 64.1 Å². The van der Waals surface area contributed by atoms with Crippen LogP contribution in [0.3, 0.4) is 0 Å². The van der Waals surface area contributed by atoms with E-state index in [9.17, 15) is 50.4 Å². The summed E-state index contributed by atoms with van der Waals surface area (Å²) in [5, 5.41) is 88.1. The highest BCUT2D eigenvalue weighted by molar-refractivity contribution is 6.02. The second kappa shape index (κ2) is 12.2. The third-order valence-electron chi connectivity index (χ3n) is 10.6. The Morgan fingerprint density at radius 2 is 1.54 bits per heavy atom. The van der Waals surface area contributed by atoms with E-state index in [2.05, 4.69) is 0 Å². The summed E-state index contributed by atoms with van der Waals surface area (Å²) < 4.78 is 12.4. The number of ketones is 2. The summed E-state index contributed by atoms with van der Waals surface area (Å²) >= 11 is 0. The zero-order valence-electron chi connectivity index (χ0n) is 28.4. The number of carbonyl (C=O) groups excluding carboxylic acids is 2. The van der Waals surface area contributed by atoms with Gasteiger partial charge in [0.05, 0.1) is 11.1 Å². The number of allylic oxidation sites excluding steroid dienone is 4. The molecule has 7 atom stereocenters. The molecule has 8 N–H and O–H groups in total. The first-order valence-electron chi connectivity index (χ1n) is 16.8. The van der Waals surface area contributed by atoms with E-state index in [-0.39, 0.29) is 63.9 Å². The number of Topliss-reactive ketones (excluding diaryl/α,β-unsaturated/α-hetero) is 2. The molecule has 0 saturated carbocycles. The molecular weight excluding hydrogens is 672 g/mol. The molecule has 1 fully saturated rings. The number of phenolic OH excluding ortho intramolecular Hbond substituents is 5. The molecule has 3 aromatic carbocycles. The molecule has 12 heteroatoms. The van der Waals surface area contributed by atoms with Gasteiger partial charge >= 0.3 is 0 Å². The molecule has 52 heavy (non-hydrogen) atoms. The molecule has 2 aliphatic heterocycles. The van der Waals surface area contributed by atoms with Gasteiger partial charge in [0.2, 0.25) is 11.4 Å². The molecule has 12 nitrogen and oxygen atoms in total. The van der Waals surface area contributed by atoms with E-state index in [1.54, 1.807) is 32.9 Å². The quantitative estimate of drug-likeness (QED) is 0.110. The van der Waals surface area contributed by atoms with Crippen LogP contribution in [0.5, 0.6) is 34.5 Å². The number of benzene rings is 3. The Morgan fingerprint density at radius 1 is 0.885 bits per heavy atom. The molecule has 0 radical (unpaired) electrons. The molecular formula is C40H38O12. The number of rotatable bonds is 6. The van der Waals surface area contributed by atoms with Crippen molar-refractivity contribution in [3.05, 3.63) is 118 Å². The maximum atomic E-state index is 14.9. The molecule has 0 amide bonds. The number of aromatic hydroxyl groups is 5. The van der Waals surface area contributed by atoms with E-state index >= 15 is 0 Å². The summed E-state index contributed by atoms with van der Waals surface area (Å²) in [6.07, 6.45) is 3.16. The first-order valence-corrected chi connectivity index (χ1v) is 16.8. The van der Waals surface area contributed by atoms with Crippen molar-refractivity contribution in [2.75, 3.05) is 0 Å². The summed E-state index contributed by atoms with van der Waals surface area (Å²) in [5.74, 6) is -11.3. The molecule has 4 aliphatic rings. The van der Waals surface area contributed by atoms with Crippen molar-refractivity contribution in [2.45, 2.75) is 57.0 Å². The number of hydrogen-bond acceptors (Lipinski definition) is 12. The van der Waals surface area contributed by atoms with E-state index in [0.717, 1.165) is 17.7 Å². The van der Waals surface area contributed by atoms with Gasteiger partial charge in [-0.3, -0.25) is 9.59 Å². The lowest BCUT2D eigenvalue weighted by Gasteiger charge is -2.49. The fraction of sp³-hybridized carbons (Fsp3) is 0.300. The van der Waals surface area contributed by atoms with Crippen LogP contribution in [0.25, 0.3) is 0 Å². The minimum Gasteiger partial charge on any atom is -0.511 e. The monoisotopic (exact) mass is 710 g/mol. The van der Waals surface area contributed by atoms with E-state index in [0.29, 0.717) is 5.57 Å². The lowest BCUT2D eigenvalue weighted by Crippen LogP contribution is -2.67. The van der Waals surface area contributed by atoms with E-state index in [4.69, 9.17) is 9.47 Å². The molecule has 6 unspecified atom stereocenters. The van der Waals surface area contributed by atoms with Crippen LogP contribution in [0, 0.1) is 17.8 Å². The van der Waals surface area contributed by atoms with Crippen LogP contribution in [0.2, 0.25) is 0 Å². The third-order valence-corrected chi connectivity index (χ3v) is 10.6. The van der Waals surface area contributed by atoms with E-state index < -0.39 is 70.0 Å². The smallest absolute Gasteiger partial charge is 0.245 e. The number of ether oxygens (including phenoxy) is 2. The first-order chi connectivity index (χ1) is 24.6. The Labute approximate surface area is 298 Å². The number of aliphatic hydroxyl groups is 3. The Bertz CT molecular complexity index is 2160. The maximum absolute atomic E-state index is 14.9. The van der Waals surface area contributed by atoms with Gasteiger partial charge in [-0.15, -0.1) is 0 Å². The lowest BCUT2D eigenvalue weighted by molar-refractivity contribution is -0.309. The molecule has 2 aliphatic carbocycles. The van der Waals surface area contributed by atoms with Gasteiger partial charge in [-0.1, -0.05) is 29.4 Å². The molecule has 3 aromatic rings. The first kappa shape index (κ1) is 34.7. The Hall–Kier alpha value is -5.72. The number of phenols is 5. The van der Waals surface area contributed by atoms with Gasteiger partial charge in [0.1, 0.15) is 58.0 Å². The second-order valence-corrected chi connectivity index (χ2v) is 14.2. The van der Waals surface area contributed by atoms with Crippen molar-refractivity contribution in [1.82, 2.24) is 0 Å². The summed E-state index contributed by atoms with van der Waals surface area (Å²) in [6, 6.07) is 11.3. The van der Waals surface area contributed by atoms with Crippen LogP contribution in [0.1, 0.15) is 61.0 Å². The fourth-order valence-electron chi connectivity index (χ4n) is 8.18. The molecule has 2 heterocycles. The van der Waals surface area contributed by atoms with Gasteiger partial charge in [-0.2, -0.15) is 0 Å². The maximum Gasteiger partial charge on any atom is 0.245 e. The SMILES string of the molecule is CC(C)=CCC12Oc3cc(O)ccc3C1(O)OC1C=C(O)C(C3C=C(C)C[C@H](c4ccc(O)cc4O)C3C(=O)c3ccc(O)cc3O)=C(O)C1C2=O. The standard InChI is InChI=1S/C40H38O12/c1-18(2)10-11-39-38(49)35-32(52-40(39,50)27-9-6-22(43)16-31(27)51-39)17-30(46)34(37(35)48)26-13-19(3)12-25(23-7-4-20(41)14-28(23)44)33(26)36(47)24-8-5-21(42)15-29(24)45/h4-10,13-17,25-26,32-33,35,41-46,48,50H,11-12H2,1-3H3/t25-,26?,32?,33?,35?,39?,40?/m1/s1. The van der Waals surface area contributed by atoms with Crippen LogP contribution in [0.4, 0.5) is 0 Å². The average molecular weight is 711 g/mol. The number of carbonyl (C=O) groups is 2. The highest BCUT2D eigenvalue weighted by Gasteiger charge is 2.72. The van der Waals surface area contributed by atoms with Crippen molar-refractivity contribution in [3.63, 3.8) is 0 Å². The number of aliphatic hydroxyl groups excluding tert-OH is 2. The van der Waals surface area contributed by atoms with Gasteiger partial charge in [0.25, 0.3) is 0 Å². The van der Waals surface area contributed by atoms with Crippen molar-refractivity contribution in [3.8, 4) is 34.5 Å². The van der Waals surface area contributed by atoms with Gasteiger partial charge in [0.15, 0.2) is 11.6 Å². The van der Waals surface area contributed by atoms with Crippen molar-refractivity contribution >= 4 is 11.6 Å². The highest BCUT2D eigenvalue weighted by Crippen LogP contribution is 2.59. The highest BCUT2D eigenvalue weighted by atomic mass is 16.7. The van der Waals surface area contributed by atoms with Gasteiger partial charge < -0.3 is 50.3 Å². The second-order valence-electron chi connectivity index (χ2n) is 14.2. The van der Waals surface area contributed by atoms with Crippen molar-refractivity contribution < 1.29 is 59.9 Å². The van der Waals surface area contributed by atoms with Gasteiger partial charge in [-0.05, 0) is 69.2 Å². The number of hydrogen-bond donors (Lipinski definition) is 8. The predicted molar refractivity (Wildman–Crippen MR) is 185 cm³/mol. The Kier molecular flexibility index (Phi) is 8.15. The molecule has 7 rings (SSSR count). The Balaban J connectivity index is 1.40. The van der Waals surface area contributed by atoms with E-state index in [1.807, 2.05) is 0 Å². The molecule has 0 aromatic heterocycles. The van der Waals surface area contributed by atoms with Crippen LogP contribution >= 0.6 is 0 Å². The van der Waals surface area contributed by atoms with Crippen molar-refractivity contribution in [1.29, 1.82) is 0 Å². The molecule has 0 bridgehead atoms. The fourth-order valence-corrected chi connectivity index (χ4v) is 8.18. The zero-order valence-corrected chi connectivity index (χ0v) is 28.4. The topological polar surface area (TPSA) is 214 Å². The van der Waals surface area contributed by atoms with Gasteiger partial charge in [-0.25, -0.2) is 0 Å². The normalized spacial score (nSPS) is 29.2. The molecule has 270 valence electrons. The minimum absolute atomic E-state index is 0.00435. The average Bonchev–Trinajstić information content (AvgIpc) is 3.30. The van der Waals surface area contributed by atoms with E-state index in [1.165, 1.54) is 48.5 Å². The largest absolute Gasteiger partial charge is 0.511 e. The van der Waals surface area contributed by atoms with Crippen LogP contribution in [0.15, 0.2) is 101 Å². The summed E-state index contributed by atoms with van der Waals surface area (Å²) in [7, 11) is 0. The van der Waals surface area contributed by atoms with Crippen LogP contribution in [-0.2, 0) is 15.3 Å².